The summed E-state index contributed by atoms with van der Waals surface area (Å²) in [6, 6.07) is 17.4. The van der Waals surface area contributed by atoms with E-state index in [9.17, 15) is 0 Å². The lowest BCUT2D eigenvalue weighted by atomic mass is 10.1. The lowest BCUT2D eigenvalue weighted by Crippen LogP contribution is -2.35. The van der Waals surface area contributed by atoms with Gasteiger partial charge in [-0.2, -0.15) is 0 Å². The molecule has 0 bridgehead atoms. The number of halogens is 1. The van der Waals surface area contributed by atoms with E-state index in [0.717, 1.165) is 32.8 Å². The maximum absolute atomic E-state index is 5.47. The predicted molar refractivity (Wildman–Crippen MR) is 112 cm³/mol. The highest BCUT2D eigenvalue weighted by Gasteiger charge is 2.13. The van der Waals surface area contributed by atoms with E-state index in [-0.39, 0.29) is 12.4 Å². The Morgan fingerprint density at radius 2 is 1.85 bits per heavy atom. The van der Waals surface area contributed by atoms with Crippen LogP contribution in [0, 0.1) is 0 Å². The van der Waals surface area contributed by atoms with E-state index < -0.39 is 0 Å². The van der Waals surface area contributed by atoms with Crippen LogP contribution in [0.5, 0.6) is 0 Å². The smallest absolute Gasteiger partial charge is 0.0594 e. The number of aromatic nitrogens is 2. The van der Waals surface area contributed by atoms with Gasteiger partial charge in [0.15, 0.2) is 0 Å². The highest BCUT2D eigenvalue weighted by atomic mass is 35.5. The summed E-state index contributed by atoms with van der Waals surface area (Å²) < 4.78 is 7.75. The monoisotopic (exact) mass is 379 g/mol. The molecule has 1 fully saturated rings. The van der Waals surface area contributed by atoms with E-state index in [1.54, 1.807) is 0 Å². The molecule has 0 amide bonds. The number of nitrogens with zero attached hydrogens (tertiary/aromatic N) is 3. The average molecular weight is 380 g/mol. The molecule has 4 nitrogen and oxygen atoms in total. The number of hydrogen-bond donors (Lipinski definition) is 0. The van der Waals surface area contributed by atoms with Crippen LogP contribution in [0.2, 0.25) is 0 Å². The minimum absolute atomic E-state index is 0. The van der Waals surface area contributed by atoms with E-state index in [1.807, 2.05) is 12.4 Å². The highest BCUT2D eigenvalue weighted by molar-refractivity contribution is 5.88. The summed E-state index contributed by atoms with van der Waals surface area (Å²) in [5, 5.41) is 3.71. The van der Waals surface area contributed by atoms with Crippen molar-refractivity contribution in [3.05, 3.63) is 72.7 Å². The van der Waals surface area contributed by atoms with Crippen LogP contribution in [-0.2, 0) is 11.3 Å². The van der Waals surface area contributed by atoms with Gasteiger partial charge >= 0.3 is 0 Å². The van der Waals surface area contributed by atoms with Crippen LogP contribution >= 0.6 is 12.4 Å². The van der Waals surface area contributed by atoms with Crippen LogP contribution in [0.3, 0.4) is 0 Å². The minimum Gasteiger partial charge on any atom is -0.379 e. The minimum atomic E-state index is 0. The number of ether oxygens (including phenoxy) is 1. The average Bonchev–Trinajstić information content (AvgIpc) is 3.14. The van der Waals surface area contributed by atoms with Gasteiger partial charge in [-0.25, -0.2) is 0 Å². The Balaban J connectivity index is 0.00000180. The summed E-state index contributed by atoms with van der Waals surface area (Å²) >= 11 is 0. The Morgan fingerprint density at radius 1 is 0.963 bits per heavy atom. The van der Waals surface area contributed by atoms with Crippen LogP contribution in [-0.4, -0.2) is 40.8 Å². The molecule has 0 saturated carbocycles. The van der Waals surface area contributed by atoms with Crippen LogP contribution < -0.4 is 0 Å². The third-order valence-corrected chi connectivity index (χ3v) is 5.22. The Bertz CT molecular complexity index is 1070. The van der Waals surface area contributed by atoms with E-state index in [4.69, 9.17) is 4.74 Å². The summed E-state index contributed by atoms with van der Waals surface area (Å²) in [6.07, 6.45) is 5.93. The Morgan fingerprint density at radius 3 is 2.74 bits per heavy atom. The third-order valence-electron chi connectivity index (χ3n) is 5.22. The van der Waals surface area contributed by atoms with Gasteiger partial charge in [-0.05, 0) is 41.3 Å². The molecule has 5 rings (SSSR count). The molecule has 3 heterocycles. The largest absolute Gasteiger partial charge is 0.379 e. The Hall–Kier alpha value is -2.40. The van der Waals surface area contributed by atoms with Crippen molar-refractivity contribution in [1.29, 1.82) is 0 Å². The third kappa shape index (κ3) is 3.44. The molecule has 138 valence electrons. The number of morpholine rings is 1. The van der Waals surface area contributed by atoms with Gasteiger partial charge in [0.2, 0.25) is 0 Å². The van der Waals surface area contributed by atoms with Gasteiger partial charge in [-0.3, -0.25) is 9.88 Å². The molecule has 1 aliphatic rings. The molecule has 27 heavy (non-hydrogen) atoms. The number of pyridine rings is 1. The first-order valence-electron chi connectivity index (χ1n) is 9.12. The molecular formula is C22H22ClN3O. The van der Waals surface area contributed by atoms with Crippen LogP contribution in [0.4, 0.5) is 0 Å². The van der Waals surface area contributed by atoms with Crippen LogP contribution in [0.25, 0.3) is 27.4 Å². The van der Waals surface area contributed by atoms with Crippen molar-refractivity contribution >= 4 is 34.1 Å². The second-order valence-electron chi connectivity index (χ2n) is 6.83. The zero-order chi connectivity index (χ0) is 17.3. The highest BCUT2D eigenvalue weighted by Crippen LogP contribution is 2.26. The second-order valence-corrected chi connectivity index (χ2v) is 6.83. The van der Waals surface area contributed by atoms with Crippen molar-refractivity contribution in [2.45, 2.75) is 6.54 Å². The van der Waals surface area contributed by atoms with Crippen molar-refractivity contribution in [1.82, 2.24) is 14.5 Å². The fourth-order valence-corrected chi connectivity index (χ4v) is 3.82. The summed E-state index contributed by atoms with van der Waals surface area (Å²) in [5.41, 5.74) is 3.82. The van der Waals surface area contributed by atoms with Crippen molar-refractivity contribution in [2.24, 2.45) is 0 Å². The molecule has 0 radical (unpaired) electrons. The molecule has 2 aromatic carbocycles. The van der Waals surface area contributed by atoms with Crippen molar-refractivity contribution in [2.75, 3.05) is 26.3 Å². The quantitative estimate of drug-likeness (QED) is 0.527. The van der Waals surface area contributed by atoms with Gasteiger partial charge in [0.25, 0.3) is 0 Å². The predicted octanol–water partition coefficient (Wildman–Crippen LogP) is 4.43. The fraction of sp³-hybridized carbons (Fsp3) is 0.227. The van der Waals surface area contributed by atoms with Gasteiger partial charge in [0, 0.05) is 54.7 Å². The molecule has 4 aromatic rings. The van der Waals surface area contributed by atoms with Gasteiger partial charge in [0.1, 0.15) is 0 Å². The first-order valence-corrected chi connectivity index (χ1v) is 9.12. The zero-order valence-electron chi connectivity index (χ0n) is 15.0. The normalized spacial score (nSPS) is 15.1. The number of rotatable bonds is 3. The molecule has 0 unspecified atom stereocenters. The molecule has 0 spiro atoms. The van der Waals surface area contributed by atoms with E-state index >= 15 is 0 Å². The van der Waals surface area contributed by atoms with Crippen LogP contribution in [0.1, 0.15) is 5.56 Å². The Labute approximate surface area is 164 Å². The number of hydrogen-bond acceptors (Lipinski definition) is 3. The maximum Gasteiger partial charge on any atom is 0.0594 e. The van der Waals surface area contributed by atoms with Gasteiger partial charge in [-0.15, -0.1) is 12.4 Å². The summed E-state index contributed by atoms with van der Waals surface area (Å²) in [5.74, 6) is 0. The van der Waals surface area contributed by atoms with Gasteiger partial charge in [0.05, 0.1) is 18.7 Å². The number of fused-ring (bicyclic) bond motifs is 2. The van der Waals surface area contributed by atoms with Crippen molar-refractivity contribution < 1.29 is 4.74 Å². The fourth-order valence-electron chi connectivity index (χ4n) is 3.82. The summed E-state index contributed by atoms with van der Waals surface area (Å²) in [7, 11) is 0. The first kappa shape index (κ1) is 18.0. The molecular weight excluding hydrogens is 358 g/mol. The molecule has 5 heteroatoms. The van der Waals surface area contributed by atoms with E-state index in [1.165, 1.54) is 32.9 Å². The SMILES string of the molecule is Cl.c1cc(CN2CCOCC2)c2ccn(-c3ccc4cnccc4c3)c2c1. The zero-order valence-corrected chi connectivity index (χ0v) is 15.9. The lowest BCUT2D eigenvalue weighted by Gasteiger charge is -2.26. The van der Waals surface area contributed by atoms with E-state index in [2.05, 4.69) is 69.2 Å². The Kier molecular flexibility index (Phi) is 5.12. The molecule has 0 N–H and O–H groups in total. The lowest BCUT2D eigenvalue weighted by molar-refractivity contribution is 0.0344. The molecule has 0 aliphatic carbocycles. The molecule has 0 atom stereocenters. The number of benzene rings is 2. The van der Waals surface area contributed by atoms with Gasteiger partial charge in [-0.1, -0.05) is 18.2 Å². The maximum atomic E-state index is 5.47. The first-order chi connectivity index (χ1) is 12.9. The second kappa shape index (κ2) is 7.69. The molecule has 2 aromatic heterocycles. The van der Waals surface area contributed by atoms with E-state index in [0.29, 0.717) is 0 Å². The van der Waals surface area contributed by atoms with Gasteiger partial charge < -0.3 is 9.30 Å². The summed E-state index contributed by atoms with van der Waals surface area (Å²) in [6.45, 7) is 4.67. The van der Waals surface area contributed by atoms with Crippen molar-refractivity contribution in [3.8, 4) is 5.69 Å². The topological polar surface area (TPSA) is 30.3 Å². The summed E-state index contributed by atoms with van der Waals surface area (Å²) in [4.78, 5) is 6.67. The standard InChI is InChI=1S/C22H21N3O.ClH/c1-2-19(16-24-10-12-26-13-11-24)21-7-9-25(22(21)3-1)20-5-4-18-15-23-8-6-17(18)14-20;/h1-9,14-15H,10-13,16H2;1H. The van der Waals surface area contributed by atoms with Crippen molar-refractivity contribution in [3.63, 3.8) is 0 Å². The van der Waals surface area contributed by atoms with Crippen LogP contribution in [0.15, 0.2) is 67.1 Å². The molecule has 1 saturated heterocycles. The molecule has 1 aliphatic heterocycles.